The van der Waals surface area contributed by atoms with Crippen molar-refractivity contribution in [2.24, 2.45) is 5.73 Å². The predicted molar refractivity (Wildman–Crippen MR) is 62.2 cm³/mol. The number of alkyl carbamates (subject to hydrolysis) is 1. The molecule has 0 aliphatic heterocycles. The number of rotatable bonds is 1. The number of hydrogen-bond donors (Lipinski definition) is 2. The molecular weight excluding hydrogens is 216 g/mol. The summed E-state index contributed by atoms with van der Waals surface area (Å²) >= 11 is 0. The van der Waals surface area contributed by atoms with Gasteiger partial charge in [-0.15, -0.1) is 12.4 Å². The largest absolute Gasteiger partial charge is 0.444 e. The Morgan fingerprint density at radius 3 is 2.40 bits per heavy atom. The fraction of sp³-hybridized carbons (Fsp3) is 0.900. The predicted octanol–water partition coefficient (Wildman–Crippen LogP) is 1.81. The lowest BCUT2D eigenvalue weighted by Gasteiger charge is -2.21. The van der Waals surface area contributed by atoms with Crippen LogP contribution >= 0.6 is 12.4 Å². The monoisotopic (exact) mass is 236 g/mol. The van der Waals surface area contributed by atoms with E-state index in [1.807, 2.05) is 20.8 Å². The van der Waals surface area contributed by atoms with E-state index in [1.54, 1.807) is 0 Å². The maximum absolute atomic E-state index is 11.3. The fourth-order valence-electron chi connectivity index (χ4n) is 1.62. The van der Waals surface area contributed by atoms with Gasteiger partial charge in [-0.1, -0.05) is 0 Å². The maximum atomic E-state index is 11.3. The van der Waals surface area contributed by atoms with Crippen LogP contribution in [0.25, 0.3) is 0 Å². The Morgan fingerprint density at radius 2 is 2.00 bits per heavy atom. The lowest BCUT2D eigenvalue weighted by Crippen LogP contribution is -2.38. The van der Waals surface area contributed by atoms with Crippen LogP contribution in [0.15, 0.2) is 0 Å². The van der Waals surface area contributed by atoms with Gasteiger partial charge in [-0.05, 0) is 40.0 Å². The molecule has 0 bridgehead atoms. The van der Waals surface area contributed by atoms with Gasteiger partial charge in [0.25, 0.3) is 0 Å². The molecule has 1 aliphatic carbocycles. The van der Waals surface area contributed by atoms with Crippen molar-refractivity contribution in [1.29, 1.82) is 0 Å². The standard InChI is InChI=1S/C10H20N2O2.ClH/c1-10(2,3)14-9(13)12-8-5-4-7(11)6-8;/h7-8H,4-6,11H2,1-3H3,(H,12,13);1H/t7-,8+;/m1./s1. The first-order valence-electron chi connectivity index (χ1n) is 5.12. The molecule has 0 aromatic rings. The van der Waals surface area contributed by atoms with Gasteiger partial charge < -0.3 is 15.8 Å². The normalized spacial score (nSPS) is 25.6. The molecule has 15 heavy (non-hydrogen) atoms. The quantitative estimate of drug-likeness (QED) is 0.730. The second kappa shape index (κ2) is 5.56. The molecule has 1 saturated carbocycles. The number of nitrogens with one attached hydrogen (secondary N) is 1. The zero-order chi connectivity index (χ0) is 10.8. The summed E-state index contributed by atoms with van der Waals surface area (Å²) in [7, 11) is 0. The average molecular weight is 237 g/mol. The molecule has 3 N–H and O–H groups in total. The fourth-order valence-corrected chi connectivity index (χ4v) is 1.62. The lowest BCUT2D eigenvalue weighted by molar-refractivity contribution is 0.0505. The molecule has 0 aromatic carbocycles. The summed E-state index contributed by atoms with van der Waals surface area (Å²) in [6.45, 7) is 5.56. The van der Waals surface area contributed by atoms with Gasteiger partial charge in [0.2, 0.25) is 0 Å². The first-order valence-corrected chi connectivity index (χ1v) is 5.12. The summed E-state index contributed by atoms with van der Waals surface area (Å²) in [5.41, 5.74) is 5.31. The number of carbonyl (C=O) groups is 1. The van der Waals surface area contributed by atoms with Crippen molar-refractivity contribution in [3.63, 3.8) is 0 Å². The van der Waals surface area contributed by atoms with Crippen LogP contribution in [-0.4, -0.2) is 23.8 Å². The highest BCUT2D eigenvalue weighted by Gasteiger charge is 2.25. The van der Waals surface area contributed by atoms with Crippen LogP contribution in [0.2, 0.25) is 0 Å². The smallest absolute Gasteiger partial charge is 0.407 e. The van der Waals surface area contributed by atoms with Crippen molar-refractivity contribution in [2.45, 2.75) is 57.7 Å². The minimum Gasteiger partial charge on any atom is -0.444 e. The van der Waals surface area contributed by atoms with E-state index >= 15 is 0 Å². The van der Waals surface area contributed by atoms with E-state index in [0.29, 0.717) is 0 Å². The average Bonchev–Trinajstić information content (AvgIpc) is 2.30. The number of amides is 1. The molecule has 1 fully saturated rings. The number of ether oxygens (including phenoxy) is 1. The zero-order valence-corrected chi connectivity index (χ0v) is 10.4. The summed E-state index contributed by atoms with van der Waals surface area (Å²) in [6, 6.07) is 0.426. The van der Waals surface area contributed by atoms with Crippen LogP contribution < -0.4 is 11.1 Å². The van der Waals surface area contributed by atoms with Crippen molar-refractivity contribution >= 4 is 18.5 Å². The van der Waals surface area contributed by atoms with Crippen molar-refractivity contribution < 1.29 is 9.53 Å². The van der Waals surface area contributed by atoms with Gasteiger partial charge in [0.05, 0.1) is 0 Å². The van der Waals surface area contributed by atoms with E-state index in [9.17, 15) is 4.79 Å². The van der Waals surface area contributed by atoms with Crippen molar-refractivity contribution in [2.75, 3.05) is 0 Å². The molecule has 5 heteroatoms. The maximum Gasteiger partial charge on any atom is 0.407 e. The Balaban J connectivity index is 0.00000196. The molecule has 1 aliphatic rings. The molecule has 1 rings (SSSR count). The molecule has 0 heterocycles. The van der Waals surface area contributed by atoms with Crippen LogP contribution in [0.4, 0.5) is 4.79 Å². The minimum atomic E-state index is -0.426. The Labute approximate surface area is 97.3 Å². The zero-order valence-electron chi connectivity index (χ0n) is 9.58. The van der Waals surface area contributed by atoms with E-state index in [1.165, 1.54) is 0 Å². The third-order valence-electron chi connectivity index (χ3n) is 2.19. The Kier molecular flexibility index (Phi) is 5.38. The van der Waals surface area contributed by atoms with Gasteiger partial charge in [-0.3, -0.25) is 0 Å². The molecule has 0 unspecified atom stereocenters. The van der Waals surface area contributed by atoms with Gasteiger partial charge in [-0.25, -0.2) is 4.79 Å². The number of hydrogen-bond acceptors (Lipinski definition) is 3. The molecule has 0 saturated heterocycles. The van der Waals surface area contributed by atoms with Crippen molar-refractivity contribution in [1.82, 2.24) is 5.32 Å². The molecule has 1 amide bonds. The first kappa shape index (κ1) is 14.5. The Morgan fingerprint density at radius 1 is 1.40 bits per heavy atom. The molecular formula is C10H21ClN2O2. The highest BCUT2D eigenvalue weighted by atomic mass is 35.5. The summed E-state index contributed by atoms with van der Waals surface area (Å²) in [5, 5.41) is 2.82. The number of halogens is 1. The third-order valence-corrected chi connectivity index (χ3v) is 2.19. The molecule has 0 aromatic heterocycles. The van der Waals surface area contributed by atoms with Crippen LogP contribution in [0.3, 0.4) is 0 Å². The van der Waals surface area contributed by atoms with Crippen molar-refractivity contribution in [3.05, 3.63) is 0 Å². The van der Waals surface area contributed by atoms with Crippen molar-refractivity contribution in [3.8, 4) is 0 Å². The second-order valence-corrected chi connectivity index (χ2v) is 4.92. The van der Waals surface area contributed by atoms with E-state index < -0.39 is 5.60 Å². The molecule has 2 atom stereocenters. The van der Waals surface area contributed by atoms with Crippen LogP contribution in [0.1, 0.15) is 40.0 Å². The number of carbonyl (C=O) groups excluding carboxylic acids is 1. The SMILES string of the molecule is CC(C)(C)OC(=O)N[C@H]1CC[C@@H](N)C1.Cl. The molecule has 0 spiro atoms. The highest BCUT2D eigenvalue weighted by molar-refractivity contribution is 5.85. The molecule has 0 radical (unpaired) electrons. The van der Waals surface area contributed by atoms with E-state index in [0.717, 1.165) is 19.3 Å². The third kappa shape index (κ3) is 5.85. The molecule has 90 valence electrons. The minimum absolute atomic E-state index is 0. The van der Waals surface area contributed by atoms with Crippen LogP contribution in [0, 0.1) is 0 Å². The summed E-state index contributed by atoms with van der Waals surface area (Å²) in [4.78, 5) is 11.3. The van der Waals surface area contributed by atoms with Gasteiger partial charge in [0.15, 0.2) is 0 Å². The Hall–Kier alpha value is -0.480. The summed E-state index contributed by atoms with van der Waals surface area (Å²) in [5.74, 6) is 0. The lowest BCUT2D eigenvalue weighted by atomic mass is 10.2. The molecule has 4 nitrogen and oxygen atoms in total. The van der Waals surface area contributed by atoms with Crippen LogP contribution in [-0.2, 0) is 4.74 Å². The van der Waals surface area contributed by atoms with Crippen LogP contribution in [0.5, 0.6) is 0 Å². The highest BCUT2D eigenvalue weighted by Crippen LogP contribution is 2.17. The van der Waals surface area contributed by atoms with Gasteiger partial charge in [0.1, 0.15) is 5.60 Å². The van der Waals surface area contributed by atoms with E-state index in [2.05, 4.69) is 5.32 Å². The first-order chi connectivity index (χ1) is 6.37. The summed E-state index contributed by atoms with van der Waals surface area (Å²) < 4.78 is 5.14. The van der Waals surface area contributed by atoms with E-state index in [4.69, 9.17) is 10.5 Å². The summed E-state index contributed by atoms with van der Waals surface area (Å²) in [6.07, 6.45) is 2.47. The second-order valence-electron chi connectivity index (χ2n) is 4.92. The Bertz CT molecular complexity index is 216. The van der Waals surface area contributed by atoms with Gasteiger partial charge in [-0.2, -0.15) is 0 Å². The number of nitrogens with two attached hydrogens (primary N) is 1. The van der Waals surface area contributed by atoms with E-state index in [-0.39, 0.29) is 30.6 Å². The van der Waals surface area contributed by atoms with Gasteiger partial charge >= 0.3 is 6.09 Å². The van der Waals surface area contributed by atoms with Gasteiger partial charge in [0, 0.05) is 12.1 Å². The topological polar surface area (TPSA) is 64.3 Å².